The molecule has 1 aromatic rings. The number of amides is 2. The molecule has 0 aromatic carbocycles. The maximum absolute atomic E-state index is 11.6. The van der Waals surface area contributed by atoms with Crippen molar-refractivity contribution < 1.29 is 9.32 Å². The number of urea groups is 1. The molecule has 1 fully saturated rings. The van der Waals surface area contributed by atoms with Crippen LogP contribution in [0.3, 0.4) is 0 Å². The van der Waals surface area contributed by atoms with Crippen molar-refractivity contribution in [1.82, 2.24) is 15.4 Å². The minimum absolute atomic E-state index is 0.224. The largest absolute Gasteiger partial charge is 0.360 e. The molecule has 1 saturated heterocycles. The summed E-state index contributed by atoms with van der Waals surface area (Å²) >= 11 is 0. The number of anilines is 1. The van der Waals surface area contributed by atoms with E-state index in [-0.39, 0.29) is 6.03 Å². The highest BCUT2D eigenvalue weighted by Crippen LogP contribution is 2.14. The summed E-state index contributed by atoms with van der Waals surface area (Å²) in [5, 5.41) is 9.22. The summed E-state index contributed by atoms with van der Waals surface area (Å²) in [5.41, 5.74) is 0. The summed E-state index contributed by atoms with van der Waals surface area (Å²) in [6, 6.07) is 1.46. The van der Waals surface area contributed by atoms with E-state index in [9.17, 15) is 4.79 Å². The summed E-state index contributed by atoms with van der Waals surface area (Å²) in [5.74, 6) is 1.68. The van der Waals surface area contributed by atoms with Crippen molar-refractivity contribution >= 4 is 11.8 Å². The van der Waals surface area contributed by atoms with Crippen LogP contribution in [0.5, 0.6) is 0 Å². The molecule has 0 saturated carbocycles. The van der Waals surface area contributed by atoms with Crippen molar-refractivity contribution in [2.45, 2.75) is 20.3 Å². The molecule has 0 bridgehead atoms. The minimum Gasteiger partial charge on any atom is -0.360 e. The lowest BCUT2D eigenvalue weighted by Crippen LogP contribution is -2.34. The lowest BCUT2D eigenvalue weighted by molar-refractivity contribution is 0.249. The fourth-order valence-corrected chi connectivity index (χ4v) is 2.19. The molecule has 2 amide bonds. The normalized spacial score (nSPS) is 20.0. The summed E-state index contributed by atoms with van der Waals surface area (Å²) in [7, 11) is 0. The van der Waals surface area contributed by atoms with E-state index in [0.717, 1.165) is 26.1 Å². The van der Waals surface area contributed by atoms with Gasteiger partial charge in [-0.25, -0.2) is 4.79 Å². The molecule has 2 heterocycles. The lowest BCUT2D eigenvalue weighted by atomic mass is 10.1. The van der Waals surface area contributed by atoms with Crippen LogP contribution in [0.1, 0.15) is 19.1 Å². The number of aromatic nitrogens is 1. The topological polar surface area (TPSA) is 70.4 Å². The van der Waals surface area contributed by atoms with Crippen molar-refractivity contribution in [2.75, 3.05) is 31.5 Å². The van der Waals surface area contributed by atoms with Crippen LogP contribution < -0.4 is 10.6 Å². The van der Waals surface area contributed by atoms with E-state index in [1.807, 2.05) is 0 Å². The van der Waals surface area contributed by atoms with Crippen LogP contribution in [-0.2, 0) is 0 Å². The predicted molar refractivity (Wildman–Crippen MR) is 68.5 cm³/mol. The number of nitrogens with zero attached hydrogens (tertiary/aromatic N) is 2. The van der Waals surface area contributed by atoms with Crippen molar-refractivity contribution in [2.24, 2.45) is 5.92 Å². The number of hydrogen-bond donors (Lipinski definition) is 2. The maximum atomic E-state index is 11.6. The zero-order chi connectivity index (χ0) is 13.0. The second-order valence-electron chi connectivity index (χ2n) is 4.71. The molecule has 0 unspecified atom stereocenters. The fourth-order valence-electron chi connectivity index (χ4n) is 2.19. The molecule has 2 rings (SSSR count). The monoisotopic (exact) mass is 252 g/mol. The molecular formula is C12H20N4O2. The number of rotatable bonds is 4. The molecule has 1 aliphatic rings. The van der Waals surface area contributed by atoms with E-state index >= 15 is 0 Å². The van der Waals surface area contributed by atoms with Gasteiger partial charge in [-0.2, -0.15) is 0 Å². The molecule has 1 atom stereocenters. The summed E-state index contributed by atoms with van der Waals surface area (Å²) in [4.78, 5) is 14.0. The van der Waals surface area contributed by atoms with Gasteiger partial charge in [0.05, 0.1) is 0 Å². The molecule has 18 heavy (non-hydrogen) atoms. The van der Waals surface area contributed by atoms with Crippen LogP contribution in [-0.4, -0.2) is 42.3 Å². The Labute approximate surface area is 107 Å². The van der Waals surface area contributed by atoms with Gasteiger partial charge < -0.3 is 14.7 Å². The van der Waals surface area contributed by atoms with Gasteiger partial charge >= 0.3 is 6.03 Å². The first-order chi connectivity index (χ1) is 8.67. The van der Waals surface area contributed by atoms with Crippen LogP contribution in [0.15, 0.2) is 10.6 Å². The van der Waals surface area contributed by atoms with E-state index < -0.39 is 0 Å². The van der Waals surface area contributed by atoms with Crippen LogP contribution in [0.4, 0.5) is 10.6 Å². The number of carbonyl (C=O) groups excluding carboxylic acids is 1. The Morgan fingerprint density at radius 3 is 3.11 bits per heavy atom. The number of likely N-dealkylation sites (tertiary alicyclic amines) is 1. The Morgan fingerprint density at radius 1 is 1.67 bits per heavy atom. The third-order valence-electron chi connectivity index (χ3n) is 3.24. The Bertz CT molecular complexity index is 405. The molecule has 0 spiro atoms. The highest BCUT2D eigenvalue weighted by Gasteiger charge is 2.21. The van der Waals surface area contributed by atoms with E-state index in [0.29, 0.717) is 24.0 Å². The molecule has 100 valence electrons. The third kappa shape index (κ3) is 3.46. The molecule has 6 heteroatoms. The van der Waals surface area contributed by atoms with Gasteiger partial charge in [0, 0.05) is 19.2 Å². The summed E-state index contributed by atoms with van der Waals surface area (Å²) in [6.07, 6.45) is 1.15. The average Bonchev–Trinajstić information content (AvgIpc) is 2.95. The van der Waals surface area contributed by atoms with Crippen LogP contribution in [0, 0.1) is 12.8 Å². The van der Waals surface area contributed by atoms with Crippen molar-refractivity contribution in [3.8, 4) is 0 Å². The minimum atomic E-state index is -0.224. The quantitative estimate of drug-likeness (QED) is 0.850. The van der Waals surface area contributed by atoms with Crippen LogP contribution in [0.2, 0.25) is 0 Å². The highest BCUT2D eigenvalue weighted by atomic mass is 16.5. The Kier molecular flexibility index (Phi) is 4.19. The summed E-state index contributed by atoms with van der Waals surface area (Å²) < 4.78 is 4.87. The first kappa shape index (κ1) is 12.9. The molecule has 1 aromatic heterocycles. The first-order valence-electron chi connectivity index (χ1n) is 6.38. The van der Waals surface area contributed by atoms with E-state index in [1.165, 1.54) is 0 Å². The highest BCUT2D eigenvalue weighted by molar-refractivity contribution is 5.88. The molecule has 2 N–H and O–H groups in total. The second-order valence-corrected chi connectivity index (χ2v) is 4.71. The van der Waals surface area contributed by atoms with Crippen molar-refractivity contribution in [3.63, 3.8) is 0 Å². The van der Waals surface area contributed by atoms with Gasteiger partial charge in [0.15, 0.2) is 5.82 Å². The van der Waals surface area contributed by atoms with Crippen LogP contribution >= 0.6 is 0 Å². The van der Waals surface area contributed by atoms with E-state index in [1.54, 1.807) is 13.0 Å². The van der Waals surface area contributed by atoms with Gasteiger partial charge in [-0.15, -0.1) is 0 Å². The maximum Gasteiger partial charge on any atom is 0.320 e. The molecule has 0 aliphatic carbocycles. The Balaban J connectivity index is 1.69. The molecular weight excluding hydrogens is 232 g/mol. The number of carbonyl (C=O) groups is 1. The number of hydrogen-bond acceptors (Lipinski definition) is 4. The van der Waals surface area contributed by atoms with Gasteiger partial charge in [-0.1, -0.05) is 12.1 Å². The SMILES string of the molecule is CCN1CC[C@@H](CNC(=O)Nc2cc(C)on2)C1. The van der Waals surface area contributed by atoms with Gasteiger partial charge in [-0.3, -0.25) is 5.32 Å². The third-order valence-corrected chi connectivity index (χ3v) is 3.24. The smallest absolute Gasteiger partial charge is 0.320 e. The Morgan fingerprint density at radius 2 is 2.50 bits per heavy atom. The van der Waals surface area contributed by atoms with Crippen molar-refractivity contribution in [1.29, 1.82) is 0 Å². The Hall–Kier alpha value is -1.56. The van der Waals surface area contributed by atoms with E-state index in [2.05, 4.69) is 27.6 Å². The average molecular weight is 252 g/mol. The number of aryl methyl sites for hydroxylation is 1. The standard InChI is InChI=1S/C12H20N4O2/c1-3-16-5-4-10(8-16)7-13-12(17)14-11-6-9(2)18-15-11/h6,10H,3-5,7-8H2,1-2H3,(H2,13,14,15,17)/t10-/m0/s1. The van der Waals surface area contributed by atoms with Crippen LogP contribution in [0.25, 0.3) is 0 Å². The van der Waals surface area contributed by atoms with Crippen molar-refractivity contribution in [3.05, 3.63) is 11.8 Å². The van der Waals surface area contributed by atoms with Gasteiger partial charge in [0.25, 0.3) is 0 Å². The fraction of sp³-hybridized carbons (Fsp3) is 0.667. The van der Waals surface area contributed by atoms with Gasteiger partial charge in [-0.05, 0) is 32.4 Å². The van der Waals surface area contributed by atoms with E-state index in [4.69, 9.17) is 4.52 Å². The predicted octanol–water partition coefficient (Wildman–Crippen LogP) is 1.45. The molecule has 1 aliphatic heterocycles. The molecule has 0 radical (unpaired) electrons. The van der Waals surface area contributed by atoms with Gasteiger partial charge in [0.1, 0.15) is 5.76 Å². The zero-order valence-corrected chi connectivity index (χ0v) is 10.9. The van der Waals surface area contributed by atoms with Gasteiger partial charge in [0.2, 0.25) is 0 Å². The number of nitrogens with one attached hydrogen (secondary N) is 2. The summed E-state index contributed by atoms with van der Waals surface area (Å²) in [6.45, 7) is 7.94. The lowest BCUT2D eigenvalue weighted by Gasteiger charge is -2.13. The zero-order valence-electron chi connectivity index (χ0n) is 10.9. The molecule has 6 nitrogen and oxygen atoms in total. The second kappa shape index (κ2) is 5.86. The first-order valence-corrected chi connectivity index (χ1v) is 6.38.